The first-order valence-corrected chi connectivity index (χ1v) is 13.8. The van der Waals surface area contributed by atoms with E-state index >= 15 is 0 Å². The van der Waals surface area contributed by atoms with Crippen LogP contribution in [0.25, 0.3) is 0 Å². The molecule has 5 N–H and O–H groups in total. The molecule has 0 unspecified atom stereocenters. The van der Waals surface area contributed by atoms with Gasteiger partial charge in [-0.25, -0.2) is 4.79 Å². The fourth-order valence-electron chi connectivity index (χ4n) is 11.3. The quantitative estimate of drug-likeness (QED) is 0.308. The number of rotatable bonds is 0. The molecule has 3 heterocycles. The molecular weight excluding hydrogens is 450 g/mol. The smallest absolute Gasteiger partial charge is 0.339 e. The molecule has 7 fully saturated rings. The van der Waals surface area contributed by atoms with E-state index in [0.717, 1.165) is 19.4 Å². The molecule has 4 bridgehead atoms. The van der Waals surface area contributed by atoms with Crippen molar-refractivity contribution < 1.29 is 35.1 Å². The minimum atomic E-state index is -1.61. The van der Waals surface area contributed by atoms with E-state index in [4.69, 9.17) is 4.74 Å². The number of aliphatic hydroxyl groups is 5. The number of carbonyl (C=O) groups excluding carboxylic acids is 1. The number of aliphatic hydroxyl groups excluding tert-OH is 2. The van der Waals surface area contributed by atoms with E-state index in [1.54, 1.807) is 6.92 Å². The van der Waals surface area contributed by atoms with Crippen molar-refractivity contribution in [3.8, 4) is 0 Å². The third-order valence-electron chi connectivity index (χ3n) is 12.8. The topological polar surface area (TPSA) is 131 Å². The number of piperidine rings is 2. The number of ether oxygens (including phenoxy) is 1. The third-order valence-corrected chi connectivity index (χ3v) is 12.8. The minimum Gasteiger partial charge on any atom is -0.456 e. The van der Waals surface area contributed by atoms with E-state index in [9.17, 15) is 30.3 Å². The second-order valence-electron chi connectivity index (χ2n) is 14.0. The number of carbonyl (C=O) groups is 1. The molecule has 4 aliphatic carbocycles. The molecule has 4 saturated carbocycles. The monoisotopic (exact) mass is 491 g/mol. The van der Waals surface area contributed by atoms with Gasteiger partial charge < -0.3 is 30.3 Å². The summed E-state index contributed by atoms with van der Waals surface area (Å²) in [5, 5.41) is 58.7. The van der Waals surface area contributed by atoms with Crippen molar-refractivity contribution in [1.29, 1.82) is 0 Å². The number of nitrogens with zero attached hydrogens (tertiary/aromatic N) is 1. The van der Waals surface area contributed by atoms with E-state index in [0.29, 0.717) is 44.6 Å². The molecule has 0 radical (unpaired) electrons. The van der Waals surface area contributed by atoms with Gasteiger partial charge in [-0.2, -0.15) is 0 Å². The summed E-state index contributed by atoms with van der Waals surface area (Å²) in [5.74, 6) is -2.05. The number of fused-ring (bicyclic) bond motifs is 5. The van der Waals surface area contributed by atoms with Crippen LogP contribution >= 0.6 is 0 Å². The zero-order chi connectivity index (χ0) is 24.9. The zero-order valence-electron chi connectivity index (χ0n) is 21.1. The zero-order valence-corrected chi connectivity index (χ0v) is 21.1. The molecule has 1 spiro atoms. The Kier molecular flexibility index (Phi) is 4.41. The molecule has 8 heteroatoms. The molecule has 0 aromatic rings. The first-order chi connectivity index (χ1) is 16.3. The largest absolute Gasteiger partial charge is 0.456 e. The van der Waals surface area contributed by atoms with Gasteiger partial charge in [-0.05, 0) is 69.6 Å². The summed E-state index contributed by atoms with van der Waals surface area (Å²) in [7, 11) is 0. The maximum Gasteiger partial charge on any atom is 0.339 e. The summed E-state index contributed by atoms with van der Waals surface area (Å²) in [6, 6.07) is -0.0888. The first kappa shape index (κ1) is 23.4. The van der Waals surface area contributed by atoms with Crippen LogP contribution in [0.2, 0.25) is 0 Å². The third kappa shape index (κ3) is 2.36. The maximum atomic E-state index is 13.2. The molecule has 0 aromatic carbocycles. The van der Waals surface area contributed by atoms with Crippen molar-refractivity contribution in [2.45, 2.75) is 106 Å². The lowest BCUT2D eigenvalue weighted by Crippen LogP contribution is -2.76. The van der Waals surface area contributed by atoms with Gasteiger partial charge in [0.15, 0.2) is 5.60 Å². The van der Waals surface area contributed by atoms with E-state index in [-0.39, 0.29) is 17.9 Å². The molecule has 7 aliphatic rings. The van der Waals surface area contributed by atoms with Crippen LogP contribution in [-0.2, 0) is 9.53 Å². The lowest BCUT2D eigenvalue weighted by molar-refractivity contribution is -0.293. The predicted molar refractivity (Wildman–Crippen MR) is 124 cm³/mol. The van der Waals surface area contributed by atoms with Crippen molar-refractivity contribution in [3.05, 3.63) is 0 Å². The molecule has 0 amide bonds. The van der Waals surface area contributed by atoms with Gasteiger partial charge in [-0.1, -0.05) is 13.8 Å². The Morgan fingerprint density at radius 2 is 1.69 bits per heavy atom. The van der Waals surface area contributed by atoms with Crippen LogP contribution in [-0.4, -0.2) is 90.1 Å². The van der Waals surface area contributed by atoms with E-state index in [2.05, 4.69) is 18.7 Å². The van der Waals surface area contributed by atoms with E-state index < -0.39 is 63.8 Å². The summed E-state index contributed by atoms with van der Waals surface area (Å²) in [5.41, 5.74) is -5.77. The number of hydrogen-bond acceptors (Lipinski definition) is 8. The Bertz CT molecular complexity index is 973. The van der Waals surface area contributed by atoms with Crippen LogP contribution in [0.1, 0.15) is 65.7 Å². The Morgan fingerprint density at radius 1 is 0.971 bits per heavy atom. The van der Waals surface area contributed by atoms with Crippen molar-refractivity contribution >= 4 is 5.97 Å². The van der Waals surface area contributed by atoms with Crippen LogP contribution in [0.15, 0.2) is 0 Å². The Hall–Kier alpha value is -0.770. The van der Waals surface area contributed by atoms with Gasteiger partial charge in [0, 0.05) is 42.3 Å². The van der Waals surface area contributed by atoms with Crippen molar-refractivity contribution in [2.24, 2.45) is 40.9 Å². The van der Waals surface area contributed by atoms with Gasteiger partial charge in [-0.15, -0.1) is 0 Å². The Morgan fingerprint density at radius 3 is 2.43 bits per heavy atom. The SMILES string of the molecule is C[C@H]1CC[C@@H]2N(C1)C[C@@H]1[C@@H]([C@@H](O)[C@H](O)[C@]3(O)[C@H]1C[C@]14OC(=O)[C@]5(O)CC[C@@]1(C)[C@@H]5CC[C@@H]34)[C@]2(C)O. The summed E-state index contributed by atoms with van der Waals surface area (Å²) < 4.78 is 6.24. The van der Waals surface area contributed by atoms with Crippen molar-refractivity contribution in [3.63, 3.8) is 0 Å². The standard InChI is InChI=1S/C27H41NO7/c1-13-4-7-18-24(3,32)19-14(12-28(18)11-13)15-10-26-17(27(15,34)21(30)20(19)29)6-5-16-23(26,2)8-9-25(16,33)22(31)35-26/h13-21,29-30,32-34H,4-12H2,1-3H3/t13-,14-,15-,16-,17+,18-,19-,20+,21-,23-,24+,25-,26+,27-/m0/s1. The highest BCUT2D eigenvalue weighted by Gasteiger charge is 2.84. The highest BCUT2D eigenvalue weighted by molar-refractivity contribution is 5.83. The van der Waals surface area contributed by atoms with Gasteiger partial charge in [0.05, 0.1) is 11.7 Å². The Labute approximate surface area is 206 Å². The molecule has 8 nitrogen and oxygen atoms in total. The minimum absolute atomic E-state index is 0.0888. The molecule has 3 saturated heterocycles. The summed E-state index contributed by atoms with van der Waals surface area (Å²) >= 11 is 0. The second-order valence-corrected chi connectivity index (χ2v) is 14.0. The van der Waals surface area contributed by atoms with Crippen molar-refractivity contribution in [1.82, 2.24) is 4.90 Å². The first-order valence-electron chi connectivity index (χ1n) is 13.8. The summed E-state index contributed by atoms with van der Waals surface area (Å²) in [6.07, 6.45) is 1.69. The van der Waals surface area contributed by atoms with Crippen LogP contribution in [0.5, 0.6) is 0 Å². The van der Waals surface area contributed by atoms with Crippen LogP contribution in [0, 0.1) is 40.9 Å². The molecule has 196 valence electrons. The van der Waals surface area contributed by atoms with Crippen LogP contribution in [0.4, 0.5) is 0 Å². The number of hydrogen-bond donors (Lipinski definition) is 5. The fraction of sp³-hybridized carbons (Fsp3) is 0.963. The van der Waals surface area contributed by atoms with Crippen LogP contribution in [0.3, 0.4) is 0 Å². The molecule has 3 aliphatic heterocycles. The lowest BCUT2D eigenvalue weighted by atomic mass is 9.50. The van der Waals surface area contributed by atoms with Gasteiger partial charge in [0.25, 0.3) is 0 Å². The van der Waals surface area contributed by atoms with E-state index in [1.807, 2.05) is 0 Å². The van der Waals surface area contributed by atoms with Crippen LogP contribution < -0.4 is 0 Å². The summed E-state index contributed by atoms with van der Waals surface area (Å²) in [4.78, 5) is 15.6. The Balaban J connectivity index is 1.36. The molecule has 7 rings (SSSR count). The maximum absolute atomic E-state index is 13.2. The number of esters is 1. The lowest BCUT2D eigenvalue weighted by Gasteiger charge is -2.63. The molecule has 35 heavy (non-hydrogen) atoms. The van der Waals surface area contributed by atoms with Gasteiger partial charge in [0.2, 0.25) is 0 Å². The molecule has 14 atom stereocenters. The highest BCUT2D eigenvalue weighted by Crippen LogP contribution is 2.75. The molecule has 0 aromatic heterocycles. The van der Waals surface area contributed by atoms with Crippen molar-refractivity contribution in [2.75, 3.05) is 13.1 Å². The highest BCUT2D eigenvalue weighted by atomic mass is 16.6. The van der Waals surface area contributed by atoms with Gasteiger partial charge in [0.1, 0.15) is 17.3 Å². The normalized spacial score (nSPS) is 65.1. The summed E-state index contributed by atoms with van der Waals surface area (Å²) in [6.45, 7) is 7.62. The van der Waals surface area contributed by atoms with E-state index in [1.165, 1.54) is 0 Å². The second kappa shape index (κ2) is 6.62. The average molecular weight is 492 g/mol. The fourth-order valence-corrected chi connectivity index (χ4v) is 11.3. The van der Waals surface area contributed by atoms with Gasteiger partial charge in [-0.3, -0.25) is 4.90 Å². The average Bonchev–Trinajstić information content (AvgIpc) is 3.18. The van der Waals surface area contributed by atoms with Gasteiger partial charge >= 0.3 is 5.97 Å². The molecular formula is C27H41NO7. The predicted octanol–water partition coefficient (Wildman–Crippen LogP) is 0.423.